The molecule has 1 unspecified atom stereocenters. The zero-order valence-electron chi connectivity index (χ0n) is 12.2. The van der Waals surface area contributed by atoms with E-state index in [9.17, 15) is 4.79 Å². The van der Waals surface area contributed by atoms with Crippen molar-refractivity contribution in [3.63, 3.8) is 0 Å². The van der Waals surface area contributed by atoms with Crippen molar-refractivity contribution in [2.24, 2.45) is 5.92 Å². The van der Waals surface area contributed by atoms with Crippen LogP contribution >= 0.6 is 0 Å². The number of carbonyl (C=O) groups is 1. The Balaban J connectivity index is 2.38. The predicted molar refractivity (Wildman–Crippen MR) is 76.6 cm³/mol. The van der Waals surface area contributed by atoms with Gasteiger partial charge in [0.05, 0.1) is 5.92 Å². The van der Waals surface area contributed by atoms with E-state index in [-0.39, 0.29) is 5.92 Å². The number of carbonyl (C=O) groups excluding carboxylic acids is 1. The number of hydrogen-bond acceptors (Lipinski definition) is 2. The number of nitrogens with zero attached hydrogens (tertiary/aromatic N) is 1. The third-order valence-corrected chi connectivity index (χ3v) is 3.78. The molecule has 1 amide bonds. The van der Waals surface area contributed by atoms with Gasteiger partial charge in [0, 0.05) is 19.6 Å². The lowest BCUT2D eigenvalue weighted by atomic mass is 10.1. The summed E-state index contributed by atoms with van der Waals surface area (Å²) >= 11 is 0. The number of rotatable bonds is 9. The van der Waals surface area contributed by atoms with Gasteiger partial charge in [-0.15, -0.1) is 0 Å². The summed E-state index contributed by atoms with van der Waals surface area (Å²) in [7, 11) is 0. The van der Waals surface area contributed by atoms with Gasteiger partial charge in [-0.05, 0) is 25.8 Å². The Morgan fingerprint density at radius 3 is 2.17 bits per heavy atom. The molecule has 0 bridgehead atoms. The number of unbranched alkanes of at least 4 members (excludes halogenated alkanes) is 4. The lowest BCUT2D eigenvalue weighted by molar-refractivity contribution is -0.135. The molecule has 0 spiro atoms. The third-order valence-electron chi connectivity index (χ3n) is 3.78. The second kappa shape index (κ2) is 9.37. The van der Waals surface area contributed by atoms with Crippen LogP contribution in [0.15, 0.2) is 0 Å². The van der Waals surface area contributed by atoms with Crippen molar-refractivity contribution in [2.45, 2.75) is 58.8 Å². The molecule has 0 aromatic rings. The van der Waals surface area contributed by atoms with Gasteiger partial charge in [-0.3, -0.25) is 4.79 Å². The van der Waals surface area contributed by atoms with Gasteiger partial charge in [-0.25, -0.2) is 0 Å². The second-order valence-corrected chi connectivity index (χ2v) is 5.43. The lowest BCUT2D eigenvalue weighted by Gasteiger charge is -2.25. The molecule has 1 aliphatic heterocycles. The van der Waals surface area contributed by atoms with Crippen molar-refractivity contribution in [1.29, 1.82) is 0 Å². The van der Waals surface area contributed by atoms with Gasteiger partial charge in [0.2, 0.25) is 5.91 Å². The summed E-state index contributed by atoms with van der Waals surface area (Å²) in [5, 5.41) is 3.30. The zero-order valence-corrected chi connectivity index (χ0v) is 12.2. The second-order valence-electron chi connectivity index (χ2n) is 5.43. The van der Waals surface area contributed by atoms with E-state index in [1.54, 1.807) is 0 Å². The molecular weight excluding hydrogens is 224 g/mol. The fourth-order valence-electron chi connectivity index (χ4n) is 2.56. The normalized spacial score (nSPS) is 19.1. The Morgan fingerprint density at radius 1 is 1.11 bits per heavy atom. The maximum absolute atomic E-state index is 12.4. The van der Waals surface area contributed by atoms with Crippen LogP contribution in [0.1, 0.15) is 58.8 Å². The molecule has 1 atom stereocenters. The standard InChI is InChI=1S/C15H30N2O/c1-3-5-7-11-17(12-8-6-4-2)15(18)14-9-10-16-13-14/h14,16H,3-13H2,1-2H3. The average Bonchev–Trinajstić information content (AvgIpc) is 2.90. The molecule has 1 aliphatic rings. The maximum atomic E-state index is 12.4. The van der Waals surface area contributed by atoms with Crippen LogP contribution in [0.5, 0.6) is 0 Å². The minimum absolute atomic E-state index is 0.244. The quantitative estimate of drug-likeness (QED) is 0.642. The molecule has 0 radical (unpaired) electrons. The van der Waals surface area contributed by atoms with Crippen LogP contribution in [0, 0.1) is 5.92 Å². The van der Waals surface area contributed by atoms with Crippen LogP contribution in [0.2, 0.25) is 0 Å². The Labute approximate surface area is 112 Å². The molecular formula is C15H30N2O. The first kappa shape index (κ1) is 15.5. The monoisotopic (exact) mass is 254 g/mol. The Morgan fingerprint density at radius 2 is 1.72 bits per heavy atom. The molecule has 18 heavy (non-hydrogen) atoms. The van der Waals surface area contributed by atoms with Crippen molar-refractivity contribution in [3.05, 3.63) is 0 Å². The molecule has 0 aromatic heterocycles. The van der Waals surface area contributed by atoms with E-state index in [2.05, 4.69) is 24.1 Å². The number of hydrogen-bond donors (Lipinski definition) is 1. The first-order chi connectivity index (χ1) is 8.79. The van der Waals surface area contributed by atoms with E-state index < -0.39 is 0 Å². The van der Waals surface area contributed by atoms with E-state index in [1.807, 2.05) is 0 Å². The summed E-state index contributed by atoms with van der Waals surface area (Å²) < 4.78 is 0. The molecule has 3 heteroatoms. The summed E-state index contributed by atoms with van der Waals surface area (Å²) in [4.78, 5) is 14.5. The zero-order chi connectivity index (χ0) is 13.2. The minimum Gasteiger partial charge on any atom is -0.342 e. The maximum Gasteiger partial charge on any atom is 0.227 e. The van der Waals surface area contributed by atoms with Gasteiger partial charge < -0.3 is 10.2 Å². The van der Waals surface area contributed by atoms with Crippen LogP contribution in [-0.4, -0.2) is 37.0 Å². The van der Waals surface area contributed by atoms with Gasteiger partial charge in [0.25, 0.3) is 0 Å². The SMILES string of the molecule is CCCCCN(CCCCC)C(=O)C1CCNC1. The highest BCUT2D eigenvalue weighted by Crippen LogP contribution is 2.13. The first-order valence-corrected chi connectivity index (χ1v) is 7.79. The highest BCUT2D eigenvalue weighted by atomic mass is 16.2. The van der Waals surface area contributed by atoms with Crippen molar-refractivity contribution >= 4 is 5.91 Å². The highest BCUT2D eigenvalue weighted by Gasteiger charge is 2.26. The molecule has 0 aliphatic carbocycles. The molecule has 1 heterocycles. The van der Waals surface area contributed by atoms with Crippen molar-refractivity contribution < 1.29 is 4.79 Å². The predicted octanol–water partition coefficient (Wildman–Crippen LogP) is 2.80. The summed E-state index contributed by atoms with van der Waals surface area (Å²) in [6, 6.07) is 0. The molecule has 1 N–H and O–H groups in total. The number of nitrogens with one attached hydrogen (secondary N) is 1. The smallest absolute Gasteiger partial charge is 0.227 e. The topological polar surface area (TPSA) is 32.3 Å². The summed E-state index contributed by atoms with van der Waals surface area (Å²) in [6.07, 6.45) is 8.27. The summed E-state index contributed by atoms with van der Waals surface area (Å²) in [5.74, 6) is 0.639. The van der Waals surface area contributed by atoms with Gasteiger partial charge in [-0.1, -0.05) is 39.5 Å². The molecule has 1 rings (SSSR count). The van der Waals surface area contributed by atoms with Gasteiger partial charge in [0.1, 0.15) is 0 Å². The molecule has 0 saturated carbocycles. The van der Waals surface area contributed by atoms with E-state index >= 15 is 0 Å². The van der Waals surface area contributed by atoms with E-state index in [0.717, 1.165) is 45.4 Å². The van der Waals surface area contributed by atoms with E-state index in [1.165, 1.54) is 25.7 Å². The van der Waals surface area contributed by atoms with Gasteiger partial charge in [0.15, 0.2) is 0 Å². The third kappa shape index (κ3) is 5.38. The first-order valence-electron chi connectivity index (χ1n) is 7.79. The van der Waals surface area contributed by atoms with Gasteiger partial charge in [-0.2, -0.15) is 0 Å². The largest absolute Gasteiger partial charge is 0.342 e. The minimum atomic E-state index is 0.244. The van der Waals surface area contributed by atoms with Crippen molar-refractivity contribution in [3.8, 4) is 0 Å². The highest BCUT2D eigenvalue weighted by molar-refractivity contribution is 5.79. The Hall–Kier alpha value is -0.570. The molecule has 3 nitrogen and oxygen atoms in total. The van der Waals surface area contributed by atoms with Crippen LogP contribution in [-0.2, 0) is 4.79 Å². The van der Waals surface area contributed by atoms with Crippen molar-refractivity contribution in [2.75, 3.05) is 26.2 Å². The molecule has 106 valence electrons. The fraction of sp³-hybridized carbons (Fsp3) is 0.933. The average molecular weight is 254 g/mol. The number of amides is 1. The molecule has 1 fully saturated rings. The van der Waals surface area contributed by atoms with Crippen molar-refractivity contribution in [1.82, 2.24) is 10.2 Å². The fourth-order valence-corrected chi connectivity index (χ4v) is 2.56. The lowest BCUT2D eigenvalue weighted by Crippen LogP contribution is -2.38. The molecule has 0 aromatic carbocycles. The summed E-state index contributed by atoms with van der Waals surface area (Å²) in [5.41, 5.74) is 0. The summed E-state index contributed by atoms with van der Waals surface area (Å²) in [6.45, 7) is 8.25. The van der Waals surface area contributed by atoms with Crippen LogP contribution in [0.25, 0.3) is 0 Å². The van der Waals surface area contributed by atoms with Crippen LogP contribution in [0.4, 0.5) is 0 Å². The molecule has 1 saturated heterocycles. The van der Waals surface area contributed by atoms with E-state index in [4.69, 9.17) is 0 Å². The Kier molecular flexibility index (Phi) is 8.06. The van der Waals surface area contributed by atoms with Crippen LogP contribution < -0.4 is 5.32 Å². The Bertz CT molecular complexity index is 215. The van der Waals surface area contributed by atoms with E-state index in [0.29, 0.717) is 5.91 Å². The van der Waals surface area contributed by atoms with Crippen LogP contribution in [0.3, 0.4) is 0 Å². The van der Waals surface area contributed by atoms with Gasteiger partial charge >= 0.3 is 0 Å².